The number of aromatic nitrogens is 2. The molecule has 1 aliphatic carbocycles. The fourth-order valence-corrected chi connectivity index (χ4v) is 2.88. The Hall–Kier alpha value is -1.61. The lowest BCUT2D eigenvalue weighted by molar-refractivity contribution is 0.308. The van der Waals surface area contributed by atoms with Crippen molar-refractivity contribution in [3.05, 3.63) is 42.7 Å². The molecule has 0 saturated heterocycles. The third kappa shape index (κ3) is 2.06. The molecule has 0 spiro atoms. The standard InChI is InChI=1S/C15H19N3/c16-13-8-4-5-9-14(13)18-11-10-17-15(18)12-6-2-1-3-7-12/h1-3,6-7,10-11,13-14H,4-5,8-9,16H2. The minimum atomic E-state index is 0.260. The van der Waals surface area contributed by atoms with Crippen molar-refractivity contribution in [2.45, 2.75) is 37.8 Å². The van der Waals surface area contributed by atoms with E-state index in [9.17, 15) is 0 Å². The van der Waals surface area contributed by atoms with Gasteiger partial charge in [-0.25, -0.2) is 4.98 Å². The van der Waals surface area contributed by atoms with Crippen LogP contribution in [-0.4, -0.2) is 15.6 Å². The van der Waals surface area contributed by atoms with E-state index in [2.05, 4.69) is 40.0 Å². The van der Waals surface area contributed by atoms with Crippen molar-refractivity contribution in [3.8, 4) is 11.4 Å². The average molecular weight is 241 g/mol. The van der Waals surface area contributed by atoms with Gasteiger partial charge in [0, 0.05) is 24.0 Å². The molecular formula is C15H19N3. The molecule has 1 heterocycles. The zero-order valence-corrected chi connectivity index (χ0v) is 10.5. The maximum absolute atomic E-state index is 6.27. The Morgan fingerprint density at radius 1 is 1.11 bits per heavy atom. The third-order valence-electron chi connectivity index (χ3n) is 3.84. The molecule has 0 amide bonds. The second-order valence-corrected chi connectivity index (χ2v) is 5.04. The molecule has 1 fully saturated rings. The second-order valence-electron chi connectivity index (χ2n) is 5.04. The van der Waals surface area contributed by atoms with Crippen molar-refractivity contribution in [3.63, 3.8) is 0 Å². The summed E-state index contributed by atoms with van der Waals surface area (Å²) in [6, 6.07) is 11.0. The van der Waals surface area contributed by atoms with Gasteiger partial charge in [0.2, 0.25) is 0 Å². The third-order valence-corrected chi connectivity index (χ3v) is 3.84. The van der Waals surface area contributed by atoms with Crippen LogP contribution >= 0.6 is 0 Å². The Kier molecular flexibility index (Phi) is 3.15. The van der Waals surface area contributed by atoms with E-state index >= 15 is 0 Å². The molecule has 1 aromatic carbocycles. The summed E-state index contributed by atoms with van der Waals surface area (Å²) in [5.41, 5.74) is 7.44. The Balaban J connectivity index is 1.96. The number of hydrogen-bond acceptors (Lipinski definition) is 2. The van der Waals surface area contributed by atoms with Crippen LogP contribution in [0.1, 0.15) is 31.7 Å². The van der Waals surface area contributed by atoms with Gasteiger partial charge >= 0.3 is 0 Å². The Bertz CT molecular complexity index is 503. The predicted molar refractivity (Wildman–Crippen MR) is 73.1 cm³/mol. The van der Waals surface area contributed by atoms with Gasteiger partial charge in [-0.2, -0.15) is 0 Å². The molecule has 1 saturated carbocycles. The van der Waals surface area contributed by atoms with Gasteiger partial charge in [0.1, 0.15) is 5.82 Å². The van der Waals surface area contributed by atoms with Crippen LogP contribution in [0, 0.1) is 0 Å². The van der Waals surface area contributed by atoms with Gasteiger partial charge < -0.3 is 10.3 Å². The fraction of sp³-hybridized carbons (Fsp3) is 0.400. The van der Waals surface area contributed by atoms with Crippen LogP contribution in [0.3, 0.4) is 0 Å². The molecule has 1 aromatic heterocycles. The highest BCUT2D eigenvalue weighted by Gasteiger charge is 2.25. The second kappa shape index (κ2) is 4.94. The summed E-state index contributed by atoms with van der Waals surface area (Å²) in [6.07, 6.45) is 8.76. The molecule has 0 bridgehead atoms. The number of nitrogens with two attached hydrogens (primary N) is 1. The van der Waals surface area contributed by atoms with E-state index in [1.165, 1.54) is 18.4 Å². The van der Waals surface area contributed by atoms with Gasteiger partial charge in [-0.1, -0.05) is 43.2 Å². The van der Waals surface area contributed by atoms with E-state index in [0.29, 0.717) is 6.04 Å². The highest BCUT2D eigenvalue weighted by molar-refractivity contribution is 5.55. The number of nitrogens with zero attached hydrogens (tertiary/aromatic N) is 2. The molecule has 2 N–H and O–H groups in total. The van der Waals surface area contributed by atoms with Crippen LogP contribution in [0.15, 0.2) is 42.7 Å². The SMILES string of the molecule is NC1CCCCC1n1ccnc1-c1ccccc1. The van der Waals surface area contributed by atoms with Gasteiger partial charge in [-0.05, 0) is 12.8 Å². The lowest BCUT2D eigenvalue weighted by Crippen LogP contribution is -2.35. The van der Waals surface area contributed by atoms with E-state index in [-0.39, 0.29) is 6.04 Å². The van der Waals surface area contributed by atoms with Gasteiger partial charge in [-0.15, -0.1) is 0 Å². The Labute approximate surface area is 108 Å². The molecule has 2 atom stereocenters. The highest BCUT2D eigenvalue weighted by atomic mass is 15.1. The maximum Gasteiger partial charge on any atom is 0.140 e. The lowest BCUT2D eigenvalue weighted by atomic mass is 9.90. The minimum Gasteiger partial charge on any atom is -0.326 e. The summed E-state index contributed by atoms with van der Waals surface area (Å²) >= 11 is 0. The molecule has 3 nitrogen and oxygen atoms in total. The van der Waals surface area contributed by atoms with Gasteiger partial charge in [0.25, 0.3) is 0 Å². The zero-order chi connectivity index (χ0) is 12.4. The number of rotatable bonds is 2. The molecule has 0 radical (unpaired) electrons. The zero-order valence-electron chi connectivity index (χ0n) is 10.5. The van der Waals surface area contributed by atoms with Crippen LogP contribution in [0.2, 0.25) is 0 Å². The van der Waals surface area contributed by atoms with Crippen LogP contribution in [0.5, 0.6) is 0 Å². The van der Waals surface area contributed by atoms with E-state index in [1.807, 2.05) is 12.3 Å². The van der Waals surface area contributed by atoms with Crippen LogP contribution in [-0.2, 0) is 0 Å². The molecule has 3 heteroatoms. The van der Waals surface area contributed by atoms with Crippen molar-refractivity contribution in [2.24, 2.45) is 5.73 Å². The number of imidazole rings is 1. The van der Waals surface area contributed by atoms with E-state index < -0.39 is 0 Å². The Morgan fingerprint density at radius 3 is 2.67 bits per heavy atom. The molecule has 1 aliphatic rings. The van der Waals surface area contributed by atoms with Crippen molar-refractivity contribution in [2.75, 3.05) is 0 Å². The normalized spacial score (nSPS) is 24.1. The smallest absolute Gasteiger partial charge is 0.140 e. The molecule has 0 aliphatic heterocycles. The van der Waals surface area contributed by atoms with E-state index in [4.69, 9.17) is 5.73 Å². The first kappa shape index (κ1) is 11.5. The first-order valence-corrected chi connectivity index (χ1v) is 6.70. The first-order valence-electron chi connectivity index (χ1n) is 6.70. The van der Waals surface area contributed by atoms with E-state index in [0.717, 1.165) is 18.7 Å². The molecule has 3 rings (SSSR count). The molecule has 2 unspecified atom stereocenters. The van der Waals surface area contributed by atoms with Crippen LogP contribution in [0.25, 0.3) is 11.4 Å². The number of benzene rings is 1. The van der Waals surface area contributed by atoms with Crippen LogP contribution in [0.4, 0.5) is 0 Å². The molecule has 94 valence electrons. The van der Waals surface area contributed by atoms with Crippen molar-refractivity contribution < 1.29 is 0 Å². The lowest BCUT2D eigenvalue weighted by Gasteiger charge is -2.30. The van der Waals surface area contributed by atoms with Gasteiger partial charge in [0.05, 0.1) is 6.04 Å². The quantitative estimate of drug-likeness (QED) is 0.878. The summed E-state index contributed by atoms with van der Waals surface area (Å²) < 4.78 is 2.26. The summed E-state index contributed by atoms with van der Waals surface area (Å²) in [6.45, 7) is 0. The largest absolute Gasteiger partial charge is 0.326 e. The number of hydrogen-bond donors (Lipinski definition) is 1. The Morgan fingerprint density at radius 2 is 1.89 bits per heavy atom. The molecule has 2 aromatic rings. The van der Waals surface area contributed by atoms with E-state index in [1.54, 1.807) is 0 Å². The first-order chi connectivity index (χ1) is 8.86. The summed E-state index contributed by atoms with van der Waals surface area (Å²) in [4.78, 5) is 4.50. The maximum atomic E-state index is 6.27. The fourth-order valence-electron chi connectivity index (χ4n) is 2.88. The monoisotopic (exact) mass is 241 g/mol. The van der Waals surface area contributed by atoms with Crippen molar-refractivity contribution in [1.29, 1.82) is 0 Å². The van der Waals surface area contributed by atoms with Crippen molar-refractivity contribution in [1.82, 2.24) is 9.55 Å². The summed E-state index contributed by atoms with van der Waals surface area (Å²) in [7, 11) is 0. The average Bonchev–Trinajstić information content (AvgIpc) is 2.89. The summed E-state index contributed by atoms with van der Waals surface area (Å²) in [5, 5.41) is 0. The molecule has 18 heavy (non-hydrogen) atoms. The molecular weight excluding hydrogens is 222 g/mol. The van der Waals surface area contributed by atoms with Crippen molar-refractivity contribution >= 4 is 0 Å². The van der Waals surface area contributed by atoms with Gasteiger partial charge in [-0.3, -0.25) is 0 Å². The van der Waals surface area contributed by atoms with Crippen LogP contribution < -0.4 is 5.73 Å². The predicted octanol–water partition coefficient (Wildman–Crippen LogP) is 2.99. The minimum absolute atomic E-state index is 0.260. The summed E-state index contributed by atoms with van der Waals surface area (Å²) in [5.74, 6) is 1.04. The topological polar surface area (TPSA) is 43.8 Å². The highest BCUT2D eigenvalue weighted by Crippen LogP contribution is 2.31. The van der Waals surface area contributed by atoms with Gasteiger partial charge in [0.15, 0.2) is 0 Å².